The molecule has 1 heterocycles. The lowest BCUT2D eigenvalue weighted by Crippen LogP contribution is -2.29. The van der Waals surface area contributed by atoms with Crippen molar-refractivity contribution in [3.05, 3.63) is 71.8 Å². The lowest BCUT2D eigenvalue weighted by atomic mass is 9.90. The SMILES string of the molecule is O=C[C@H]1CN(CC(=O)OCc2ccccc2)C[C@@H]1c1ccccc1. The maximum atomic E-state index is 12.1. The van der Waals surface area contributed by atoms with Crippen molar-refractivity contribution >= 4 is 12.3 Å². The van der Waals surface area contributed by atoms with E-state index in [2.05, 4.69) is 0 Å². The van der Waals surface area contributed by atoms with Gasteiger partial charge in [-0.3, -0.25) is 9.69 Å². The first kappa shape index (κ1) is 16.4. The molecule has 0 bridgehead atoms. The molecule has 0 N–H and O–H groups in total. The maximum absolute atomic E-state index is 12.1. The van der Waals surface area contributed by atoms with Gasteiger partial charge in [0.2, 0.25) is 0 Å². The van der Waals surface area contributed by atoms with Crippen molar-refractivity contribution in [2.24, 2.45) is 5.92 Å². The minimum Gasteiger partial charge on any atom is -0.460 e. The van der Waals surface area contributed by atoms with Crippen LogP contribution in [0.1, 0.15) is 17.0 Å². The summed E-state index contributed by atoms with van der Waals surface area (Å²) in [5.74, 6) is -0.183. The molecule has 0 saturated carbocycles. The first-order chi connectivity index (χ1) is 11.8. The molecule has 0 aliphatic carbocycles. The van der Waals surface area contributed by atoms with Gasteiger partial charge < -0.3 is 9.53 Å². The summed E-state index contributed by atoms with van der Waals surface area (Å²) >= 11 is 0. The Kier molecular flexibility index (Phi) is 5.39. The molecule has 0 amide bonds. The van der Waals surface area contributed by atoms with Gasteiger partial charge in [0.25, 0.3) is 0 Å². The number of nitrogens with zero attached hydrogens (tertiary/aromatic N) is 1. The highest BCUT2D eigenvalue weighted by atomic mass is 16.5. The number of esters is 1. The van der Waals surface area contributed by atoms with Crippen LogP contribution in [-0.4, -0.2) is 36.8 Å². The molecule has 2 aromatic carbocycles. The van der Waals surface area contributed by atoms with E-state index in [1.165, 1.54) is 0 Å². The summed E-state index contributed by atoms with van der Waals surface area (Å²) in [6.45, 7) is 1.81. The van der Waals surface area contributed by atoms with E-state index in [-0.39, 0.29) is 31.0 Å². The van der Waals surface area contributed by atoms with Gasteiger partial charge in [0.1, 0.15) is 12.9 Å². The lowest BCUT2D eigenvalue weighted by molar-refractivity contribution is -0.146. The second-order valence-electron chi connectivity index (χ2n) is 6.16. The number of benzene rings is 2. The van der Waals surface area contributed by atoms with Crippen LogP contribution >= 0.6 is 0 Å². The first-order valence-electron chi connectivity index (χ1n) is 8.18. The molecule has 0 unspecified atom stereocenters. The fraction of sp³-hybridized carbons (Fsp3) is 0.300. The van der Waals surface area contributed by atoms with Crippen molar-refractivity contribution in [1.29, 1.82) is 0 Å². The van der Waals surface area contributed by atoms with Crippen molar-refractivity contribution in [3.63, 3.8) is 0 Å². The highest BCUT2D eigenvalue weighted by Gasteiger charge is 2.34. The molecule has 4 nitrogen and oxygen atoms in total. The highest BCUT2D eigenvalue weighted by molar-refractivity contribution is 5.72. The van der Waals surface area contributed by atoms with E-state index in [1.54, 1.807) is 0 Å². The zero-order valence-corrected chi connectivity index (χ0v) is 13.5. The number of hydrogen-bond acceptors (Lipinski definition) is 4. The maximum Gasteiger partial charge on any atom is 0.320 e. The Morgan fingerprint density at radius 1 is 1.04 bits per heavy atom. The van der Waals surface area contributed by atoms with E-state index in [4.69, 9.17) is 4.74 Å². The zero-order chi connectivity index (χ0) is 16.8. The Hall–Kier alpha value is -2.46. The molecule has 2 atom stereocenters. The molecule has 1 aliphatic rings. The molecule has 1 fully saturated rings. The summed E-state index contributed by atoms with van der Waals surface area (Å²) in [6, 6.07) is 19.6. The Morgan fingerprint density at radius 3 is 2.38 bits per heavy atom. The number of hydrogen-bond donors (Lipinski definition) is 0. The molecular weight excluding hydrogens is 302 g/mol. The number of rotatable bonds is 6. The molecule has 3 rings (SSSR count). The van der Waals surface area contributed by atoms with Crippen LogP contribution in [0, 0.1) is 5.92 Å². The number of aldehydes is 1. The number of carbonyl (C=O) groups excluding carboxylic acids is 2. The number of ether oxygens (including phenoxy) is 1. The van der Waals surface area contributed by atoms with Crippen LogP contribution in [0.15, 0.2) is 60.7 Å². The molecule has 4 heteroatoms. The summed E-state index contributed by atoms with van der Waals surface area (Å²) < 4.78 is 5.33. The topological polar surface area (TPSA) is 46.6 Å². The third-order valence-corrected chi connectivity index (χ3v) is 4.44. The molecular formula is C20H21NO3. The van der Waals surface area contributed by atoms with Crippen LogP contribution in [0.4, 0.5) is 0 Å². The van der Waals surface area contributed by atoms with Crippen molar-refractivity contribution in [2.45, 2.75) is 12.5 Å². The largest absolute Gasteiger partial charge is 0.460 e. The average molecular weight is 323 g/mol. The van der Waals surface area contributed by atoms with Crippen molar-refractivity contribution in [1.82, 2.24) is 4.90 Å². The smallest absolute Gasteiger partial charge is 0.320 e. The van der Waals surface area contributed by atoms with Gasteiger partial charge in [-0.05, 0) is 11.1 Å². The summed E-state index contributed by atoms with van der Waals surface area (Å²) in [5, 5.41) is 0. The normalized spacial score (nSPS) is 20.7. The van der Waals surface area contributed by atoms with E-state index in [0.29, 0.717) is 13.1 Å². The van der Waals surface area contributed by atoms with Crippen molar-refractivity contribution in [3.8, 4) is 0 Å². The molecule has 2 aromatic rings. The van der Waals surface area contributed by atoms with Crippen LogP contribution in [-0.2, 0) is 20.9 Å². The van der Waals surface area contributed by atoms with E-state index < -0.39 is 0 Å². The lowest BCUT2D eigenvalue weighted by Gasteiger charge is -2.15. The van der Waals surface area contributed by atoms with Crippen LogP contribution in [0.3, 0.4) is 0 Å². The van der Waals surface area contributed by atoms with Crippen LogP contribution in [0.5, 0.6) is 0 Å². The quantitative estimate of drug-likeness (QED) is 0.606. The minimum atomic E-state index is -0.253. The van der Waals surface area contributed by atoms with Gasteiger partial charge in [-0.15, -0.1) is 0 Å². The van der Waals surface area contributed by atoms with Gasteiger partial charge in [-0.2, -0.15) is 0 Å². The monoisotopic (exact) mass is 323 g/mol. The summed E-state index contributed by atoms with van der Waals surface area (Å²) in [5.41, 5.74) is 2.12. The number of likely N-dealkylation sites (tertiary alicyclic amines) is 1. The summed E-state index contributed by atoms with van der Waals surface area (Å²) in [7, 11) is 0. The Morgan fingerprint density at radius 2 is 1.71 bits per heavy atom. The van der Waals surface area contributed by atoms with Gasteiger partial charge >= 0.3 is 5.97 Å². The second-order valence-corrected chi connectivity index (χ2v) is 6.16. The molecule has 1 aliphatic heterocycles. The first-order valence-corrected chi connectivity index (χ1v) is 8.18. The predicted molar refractivity (Wildman–Crippen MR) is 91.4 cm³/mol. The van der Waals surface area contributed by atoms with Gasteiger partial charge in [-0.1, -0.05) is 60.7 Å². The fourth-order valence-electron chi connectivity index (χ4n) is 3.20. The standard InChI is InChI=1S/C20H21NO3/c22-14-18-11-21(12-19(18)17-9-5-2-6-10-17)13-20(23)24-15-16-7-3-1-4-8-16/h1-10,14,18-19H,11-13,15H2/t18-,19-/m1/s1. The van der Waals surface area contributed by atoms with E-state index >= 15 is 0 Å². The molecule has 1 saturated heterocycles. The summed E-state index contributed by atoms with van der Waals surface area (Å²) in [6.07, 6.45) is 1.01. The highest BCUT2D eigenvalue weighted by Crippen LogP contribution is 2.31. The molecule has 0 radical (unpaired) electrons. The number of carbonyl (C=O) groups is 2. The molecule has 0 aromatic heterocycles. The van der Waals surface area contributed by atoms with Gasteiger partial charge in [0.05, 0.1) is 6.54 Å². The third kappa shape index (κ3) is 4.09. The Labute approximate surface area is 142 Å². The average Bonchev–Trinajstić information content (AvgIpc) is 3.04. The third-order valence-electron chi connectivity index (χ3n) is 4.44. The molecule has 0 spiro atoms. The molecule has 24 heavy (non-hydrogen) atoms. The van der Waals surface area contributed by atoms with Gasteiger partial charge in [0.15, 0.2) is 0 Å². The predicted octanol–water partition coefficient (Wildman–Crippen LogP) is 2.64. The summed E-state index contributed by atoms with van der Waals surface area (Å²) in [4.78, 5) is 25.5. The minimum absolute atomic E-state index is 0.0747. The second kappa shape index (κ2) is 7.88. The fourth-order valence-corrected chi connectivity index (χ4v) is 3.20. The van der Waals surface area contributed by atoms with Crippen LogP contribution in [0.25, 0.3) is 0 Å². The van der Waals surface area contributed by atoms with Crippen LogP contribution < -0.4 is 0 Å². The van der Waals surface area contributed by atoms with Crippen LogP contribution in [0.2, 0.25) is 0 Å². The van der Waals surface area contributed by atoms with Gasteiger partial charge in [-0.25, -0.2) is 0 Å². The van der Waals surface area contributed by atoms with E-state index in [1.807, 2.05) is 65.6 Å². The molecule has 124 valence electrons. The zero-order valence-electron chi connectivity index (χ0n) is 13.5. The van der Waals surface area contributed by atoms with Crippen molar-refractivity contribution < 1.29 is 14.3 Å². The van der Waals surface area contributed by atoms with E-state index in [0.717, 1.165) is 17.4 Å². The van der Waals surface area contributed by atoms with Crippen molar-refractivity contribution in [2.75, 3.05) is 19.6 Å². The Bertz CT molecular complexity index is 672. The van der Waals surface area contributed by atoms with E-state index in [9.17, 15) is 9.59 Å². The Balaban J connectivity index is 1.54. The van der Waals surface area contributed by atoms with Gasteiger partial charge in [0, 0.05) is 24.9 Å².